The topological polar surface area (TPSA) is 98.0 Å². The van der Waals surface area contributed by atoms with Crippen LogP contribution in [-0.2, 0) is 4.74 Å². The molecule has 0 spiro atoms. The zero-order chi connectivity index (χ0) is 20.0. The molecule has 146 valence electrons. The highest BCUT2D eigenvalue weighted by atomic mass is 16.6. The van der Waals surface area contributed by atoms with Crippen molar-refractivity contribution in [2.45, 2.75) is 65.7 Å². The van der Waals surface area contributed by atoms with Crippen LogP contribution in [0, 0.1) is 0 Å². The minimum atomic E-state index is -0.594. The van der Waals surface area contributed by atoms with E-state index in [0.29, 0.717) is 6.54 Å². The molecule has 1 rings (SSSR count). The third kappa shape index (κ3) is 9.15. The van der Waals surface area contributed by atoms with Crippen molar-refractivity contribution in [2.24, 2.45) is 10.7 Å². The number of nitrogens with two attached hydrogens (primary N) is 1. The third-order valence-corrected chi connectivity index (χ3v) is 2.98. The number of carbonyl (C=O) groups excluding carboxylic acids is 1. The van der Waals surface area contributed by atoms with E-state index in [0.717, 1.165) is 11.4 Å². The number of nitrogens with zero attached hydrogens (tertiary/aromatic N) is 1. The highest BCUT2D eigenvalue weighted by Crippen LogP contribution is 2.17. The Hall–Kier alpha value is -2.44. The molecular weight excluding hydrogens is 332 g/mol. The summed E-state index contributed by atoms with van der Waals surface area (Å²) in [4.78, 5) is 16.2. The lowest BCUT2D eigenvalue weighted by atomic mass is 10.1. The Balaban J connectivity index is 2.57. The van der Waals surface area contributed by atoms with Crippen molar-refractivity contribution in [1.82, 2.24) is 5.32 Å². The number of ether oxygens (including phenoxy) is 2. The Morgan fingerprint density at radius 2 is 1.73 bits per heavy atom. The summed E-state index contributed by atoms with van der Waals surface area (Å²) < 4.78 is 10.9. The third-order valence-electron chi connectivity index (χ3n) is 2.98. The molecule has 0 atom stereocenters. The van der Waals surface area contributed by atoms with Crippen molar-refractivity contribution in [3.63, 3.8) is 0 Å². The van der Waals surface area contributed by atoms with Crippen molar-refractivity contribution < 1.29 is 14.3 Å². The molecule has 0 radical (unpaired) electrons. The first-order chi connectivity index (χ1) is 11.9. The van der Waals surface area contributed by atoms with E-state index in [1.807, 2.05) is 72.7 Å². The summed E-state index contributed by atoms with van der Waals surface area (Å²) in [5.74, 6) is 1.06. The zero-order valence-corrected chi connectivity index (χ0v) is 16.8. The summed E-state index contributed by atoms with van der Waals surface area (Å²) >= 11 is 0. The Morgan fingerprint density at radius 3 is 2.23 bits per heavy atom. The lowest BCUT2D eigenvalue weighted by Crippen LogP contribution is -2.48. The van der Waals surface area contributed by atoms with Gasteiger partial charge in [0, 0.05) is 5.69 Å². The molecule has 0 heterocycles. The zero-order valence-electron chi connectivity index (χ0n) is 16.8. The molecule has 1 aromatic rings. The summed E-state index contributed by atoms with van der Waals surface area (Å²) in [5.41, 5.74) is 5.59. The minimum absolute atomic E-state index is 0.125. The number of nitrogens with one attached hydrogen (secondary N) is 2. The lowest BCUT2D eigenvalue weighted by Gasteiger charge is -2.27. The van der Waals surface area contributed by atoms with Crippen molar-refractivity contribution >= 4 is 17.7 Å². The number of aliphatic imine (C=N–C) groups is 1. The van der Waals surface area contributed by atoms with E-state index in [1.54, 1.807) is 0 Å². The van der Waals surface area contributed by atoms with Crippen LogP contribution in [0.5, 0.6) is 5.75 Å². The van der Waals surface area contributed by atoms with Gasteiger partial charge in [-0.25, -0.2) is 4.79 Å². The summed E-state index contributed by atoms with van der Waals surface area (Å²) in [7, 11) is 0. The van der Waals surface area contributed by atoms with Crippen LogP contribution < -0.4 is 21.1 Å². The van der Waals surface area contributed by atoms with Gasteiger partial charge in [0.25, 0.3) is 0 Å². The number of hydrogen-bond donors (Lipinski definition) is 3. The van der Waals surface area contributed by atoms with Gasteiger partial charge in [0.05, 0.1) is 18.2 Å². The average Bonchev–Trinajstić information content (AvgIpc) is 2.44. The molecule has 0 aromatic heterocycles. The summed E-state index contributed by atoms with van der Waals surface area (Å²) in [6, 6.07) is 7.46. The quantitative estimate of drug-likeness (QED) is 0.530. The molecule has 4 N–H and O–H groups in total. The van der Waals surface area contributed by atoms with E-state index >= 15 is 0 Å². The van der Waals surface area contributed by atoms with Crippen LogP contribution in [0.1, 0.15) is 48.5 Å². The van der Waals surface area contributed by atoms with Crippen molar-refractivity contribution in [2.75, 3.05) is 11.9 Å². The molecule has 0 aliphatic carbocycles. The van der Waals surface area contributed by atoms with E-state index in [2.05, 4.69) is 15.6 Å². The Kier molecular flexibility index (Phi) is 7.29. The van der Waals surface area contributed by atoms with Gasteiger partial charge in [0.2, 0.25) is 0 Å². The second-order valence-corrected chi connectivity index (χ2v) is 8.03. The monoisotopic (exact) mass is 364 g/mol. The fraction of sp³-hybridized carbons (Fsp3) is 0.579. The molecule has 7 heteroatoms. The number of benzene rings is 1. The first-order valence-electron chi connectivity index (χ1n) is 8.71. The molecule has 7 nitrogen and oxygen atoms in total. The standard InChI is InChI=1S/C19H32N4O3/c1-13(2)25-15-10-8-14(9-11-15)22-16(20)21-12-19(6,7)23-17(24)26-18(3,4)5/h8-11,13H,12H2,1-7H3,(H,23,24)(H3,20,21,22). The van der Waals surface area contributed by atoms with Crippen LogP contribution in [0.4, 0.5) is 10.5 Å². The number of amides is 1. The number of guanidine groups is 1. The minimum Gasteiger partial charge on any atom is -0.491 e. The van der Waals surface area contributed by atoms with Gasteiger partial charge in [0.15, 0.2) is 5.96 Å². The van der Waals surface area contributed by atoms with Crippen molar-refractivity contribution in [3.8, 4) is 5.75 Å². The number of rotatable bonds is 6. The maximum atomic E-state index is 11.9. The SMILES string of the molecule is CC(C)Oc1ccc(NC(N)=NCC(C)(C)NC(=O)OC(C)(C)C)cc1. The Morgan fingerprint density at radius 1 is 1.15 bits per heavy atom. The van der Waals surface area contributed by atoms with Gasteiger partial charge in [0.1, 0.15) is 11.4 Å². The molecule has 26 heavy (non-hydrogen) atoms. The largest absolute Gasteiger partial charge is 0.491 e. The molecule has 1 amide bonds. The van der Waals surface area contributed by atoms with Crippen LogP contribution in [0.25, 0.3) is 0 Å². The average molecular weight is 364 g/mol. The number of anilines is 1. The molecular formula is C19H32N4O3. The maximum Gasteiger partial charge on any atom is 0.408 e. The predicted octanol–water partition coefficient (Wildman–Crippen LogP) is 3.50. The van der Waals surface area contributed by atoms with E-state index in [9.17, 15) is 4.79 Å². The lowest BCUT2D eigenvalue weighted by molar-refractivity contribution is 0.0476. The van der Waals surface area contributed by atoms with Gasteiger partial charge < -0.3 is 25.8 Å². The fourth-order valence-electron chi connectivity index (χ4n) is 1.98. The van der Waals surface area contributed by atoms with Gasteiger partial charge in [-0.05, 0) is 72.7 Å². The van der Waals surface area contributed by atoms with Crippen molar-refractivity contribution in [1.29, 1.82) is 0 Å². The van der Waals surface area contributed by atoms with Gasteiger partial charge in [-0.2, -0.15) is 0 Å². The van der Waals surface area contributed by atoms with Crippen LogP contribution >= 0.6 is 0 Å². The highest BCUT2D eigenvalue weighted by molar-refractivity contribution is 5.92. The van der Waals surface area contributed by atoms with E-state index in [1.165, 1.54) is 0 Å². The summed E-state index contributed by atoms with van der Waals surface area (Å²) in [6.45, 7) is 13.4. The Bertz CT molecular complexity index is 617. The fourth-order valence-corrected chi connectivity index (χ4v) is 1.98. The van der Waals surface area contributed by atoms with E-state index in [-0.39, 0.29) is 12.1 Å². The smallest absolute Gasteiger partial charge is 0.408 e. The normalized spacial score (nSPS) is 12.7. The number of hydrogen-bond acceptors (Lipinski definition) is 4. The van der Waals surface area contributed by atoms with Gasteiger partial charge >= 0.3 is 6.09 Å². The maximum absolute atomic E-state index is 11.9. The van der Waals surface area contributed by atoms with Gasteiger partial charge in [-0.3, -0.25) is 4.99 Å². The van der Waals surface area contributed by atoms with Crippen LogP contribution in [0.3, 0.4) is 0 Å². The first-order valence-corrected chi connectivity index (χ1v) is 8.71. The molecule has 0 bridgehead atoms. The molecule has 0 aliphatic heterocycles. The molecule has 0 aliphatic rings. The molecule has 0 unspecified atom stereocenters. The highest BCUT2D eigenvalue weighted by Gasteiger charge is 2.24. The second kappa shape index (κ2) is 8.78. The van der Waals surface area contributed by atoms with E-state index in [4.69, 9.17) is 15.2 Å². The molecule has 0 fully saturated rings. The summed E-state index contributed by atoms with van der Waals surface area (Å²) in [5, 5.41) is 5.80. The number of carbonyl (C=O) groups is 1. The Labute approximate surface area is 156 Å². The predicted molar refractivity (Wildman–Crippen MR) is 106 cm³/mol. The molecule has 0 saturated carbocycles. The second-order valence-electron chi connectivity index (χ2n) is 8.03. The molecule has 0 saturated heterocycles. The summed E-state index contributed by atoms with van der Waals surface area (Å²) in [6.07, 6.45) is -0.356. The molecule has 1 aromatic carbocycles. The van der Waals surface area contributed by atoms with Crippen LogP contribution in [0.2, 0.25) is 0 Å². The van der Waals surface area contributed by atoms with Crippen molar-refractivity contribution in [3.05, 3.63) is 24.3 Å². The van der Waals surface area contributed by atoms with Crippen LogP contribution in [-0.4, -0.2) is 35.8 Å². The van der Waals surface area contributed by atoms with Crippen LogP contribution in [0.15, 0.2) is 29.3 Å². The van der Waals surface area contributed by atoms with Gasteiger partial charge in [-0.1, -0.05) is 0 Å². The van der Waals surface area contributed by atoms with E-state index < -0.39 is 17.2 Å². The van der Waals surface area contributed by atoms with Gasteiger partial charge in [-0.15, -0.1) is 0 Å². The number of alkyl carbamates (subject to hydrolysis) is 1. The first kappa shape index (κ1) is 21.6.